The van der Waals surface area contributed by atoms with Crippen molar-refractivity contribution < 1.29 is 19.8 Å². The van der Waals surface area contributed by atoms with E-state index in [1.165, 1.54) is 0 Å². The zero-order chi connectivity index (χ0) is 12.8. The highest BCUT2D eigenvalue weighted by molar-refractivity contribution is 5.82. The SMILES string of the molecule is CN1CCC(CNC(=O)N[C@H](CO)C(=O)O)C1. The van der Waals surface area contributed by atoms with Gasteiger partial charge in [0.05, 0.1) is 6.61 Å². The summed E-state index contributed by atoms with van der Waals surface area (Å²) < 4.78 is 0. The van der Waals surface area contributed by atoms with Gasteiger partial charge in [0.15, 0.2) is 6.04 Å². The van der Waals surface area contributed by atoms with E-state index >= 15 is 0 Å². The molecule has 7 heteroatoms. The molecule has 1 heterocycles. The number of aliphatic carboxylic acids is 1. The molecule has 4 N–H and O–H groups in total. The Morgan fingerprint density at radius 3 is 2.71 bits per heavy atom. The number of hydrogen-bond donors (Lipinski definition) is 4. The smallest absolute Gasteiger partial charge is 0.328 e. The molecule has 0 radical (unpaired) electrons. The molecular weight excluding hydrogens is 226 g/mol. The third-order valence-electron chi connectivity index (χ3n) is 2.83. The Labute approximate surface area is 99.8 Å². The monoisotopic (exact) mass is 245 g/mol. The summed E-state index contributed by atoms with van der Waals surface area (Å²) >= 11 is 0. The molecule has 0 aromatic rings. The summed E-state index contributed by atoms with van der Waals surface area (Å²) in [5.41, 5.74) is 0. The van der Waals surface area contributed by atoms with Crippen molar-refractivity contribution in [3.8, 4) is 0 Å². The van der Waals surface area contributed by atoms with Gasteiger partial charge in [-0.2, -0.15) is 0 Å². The molecule has 1 unspecified atom stereocenters. The van der Waals surface area contributed by atoms with Gasteiger partial charge in [0.2, 0.25) is 0 Å². The van der Waals surface area contributed by atoms with E-state index in [1.54, 1.807) is 0 Å². The van der Waals surface area contributed by atoms with Crippen LogP contribution in [0.2, 0.25) is 0 Å². The molecule has 1 saturated heterocycles. The highest BCUT2D eigenvalue weighted by atomic mass is 16.4. The highest BCUT2D eigenvalue weighted by Crippen LogP contribution is 2.12. The number of nitrogens with one attached hydrogen (secondary N) is 2. The van der Waals surface area contributed by atoms with E-state index in [9.17, 15) is 9.59 Å². The van der Waals surface area contributed by atoms with Crippen molar-refractivity contribution >= 4 is 12.0 Å². The lowest BCUT2D eigenvalue weighted by atomic mass is 10.1. The van der Waals surface area contributed by atoms with Gasteiger partial charge in [-0.3, -0.25) is 0 Å². The standard InChI is InChI=1S/C10H19N3O4/c1-13-3-2-7(5-13)4-11-10(17)12-8(6-14)9(15)16/h7-8,14H,2-6H2,1H3,(H,15,16)(H2,11,12,17)/t7?,8-/m1/s1. The van der Waals surface area contributed by atoms with E-state index in [0.29, 0.717) is 12.5 Å². The average Bonchev–Trinajstić information content (AvgIpc) is 2.68. The fourth-order valence-corrected chi connectivity index (χ4v) is 1.82. The van der Waals surface area contributed by atoms with E-state index in [2.05, 4.69) is 15.5 Å². The van der Waals surface area contributed by atoms with Crippen molar-refractivity contribution in [3.05, 3.63) is 0 Å². The van der Waals surface area contributed by atoms with Crippen molar-refractivity contribution in [2.75, 3.05) is 33.3 Å². The summed E-state index contributed by atoms with van der Waals surface area (Å²) in [5.74, 6) is -0.841. The molecule has 0 saturated carbocycles. The summed E-state index contributed by atoms with van der Waals surface area (Å²) in [7, 11) is 2.02. The number of aliphatic hydroxyl groups excluding tert-OH is 1. The largest absolute Gasteiger partial charge is 0.480 e. The fraction of sp³-hybridized carbons (Fsp3) is 0.800. The van der Waals surface area contributed by atoms with E-state index in [1.807, 2.05) is 7.05 Å². The molecule has 1 rings (SSSR count). The van der Waals surface area contributed by atoms with Crippen LogP contribution >= 0.6 is 0 Å². The average molecular weight is 245 g/mol. The second-order valence-electron chi connectivity index (χ2n) is 4.34. The number of amides is 2. The minimum absolute atomic E-state index is 0.406. The Kier molecular flexibility index (Phi) is 5.17. The van der Waals surface area contributed by atoms with E-state index in [0.717, 1.165) is 19.5 Å². The van der Waals surface area contributed by atoms with E-state index < -0.39 is 24.6 Å². The van der Waals surface area contributed by atoms with Crippen LogP contribution in [0.1, 0.15) is 6.42 Å². The van der Waals surface area contributed by atoms with Crippen molar-refractivity contribution in [1.82, 2.24) is 15.5 Å². The van der Waals surface area contributed by atoms with Crippen LogP contribution in [0.4, 0.5) is 4.79 Å². The lowest BCUT2D eigenvalue weighted by Crippen LogP contribution is -2.48. The Bertz CT molecular complexity index is 285. The molecule has 2 amide bonds. The van der Waals surface area contributed by atoms with Crippen molar-refractivity contribution in [2.45, 2.75) is 12.5 Å². The second kappa shape index (κ2) is 6.41. The first-order valence-corrected chi connectivity index (χ1v) is 5.59. The molecular formula is C10H19N3O4. The lowest BCUT2D eigenvalue weighted by Gasteiger charge is -2.15. The Hall–Kier alpha value is -1.34. The minimum Gasteiger partial charge on any atom is -0.480 e. The van der Waals surface area contributed by atoms with Gasteiger partial charge in [0.1, 0.15) is 0 Å². The number of carbonyl (C=O) groups is 2. The zero-order valence-electron chi connectivity index (χ0n) is 9.85. The van der Waals surface area contributed by atoms with Crippen LogP contribution < -0.4 is 10.6 Å². The highest BCUT2D eigenvalue weighted by Gasteiger charge is 2.22. The van der Waals surface area contributed by atoms with Gasteiger partial charge < -0.3 is 25.7 Å². The maximum absolute atomic E-state index is 11.3. The van der Waals surface area contributed by atoms with Crippen LogP contribution in [-0.4, -0.2) is 66.4 Å². The van der Waals surface area contributed by atoms with E-state index in [4.69, 9.17) is 10.2 Å². The van der Waals surface area contributed by atoms with Crippen molar-refractivity contribution in [1.29, 1.82) is 0 Å². The maximum atomic E-state index is 11.3. The molecule has 0 aromatic heterocycles. The molecule has 98 valence electrons. The molecule has 17 heavy (non-hydrogen) atoms. The number of carboxylic acid groups (broad SMARTS) is 1. The normalized spacial score (nSPS) is 22.1. The number of hydrogen-bond acceptors (Lipinski definition) is 4. The number of carbonyl (C=O) groups excluding carboxylic acids is 1. The third-order valence-corrected chi connectivity index (χ3v) is 2.83. The minimum atomic E-state index is -1.25. The first-order valence-electron chi connectivity index (χ1n) is 5.59. The summed E-state index contributed by atoms with van der Waals surface area (Å²) in [6.07, 6.45) is 1.03. The van der Waals surface area contributed by atoms with Crippen LogP contribution in [0.25, 0.3) is 0 Å². The van der Waals surface area contributed by atoms with Crippen LogP contribution in [0.15, 0.2) is 0 Å². The van der Waals surface area contributed by atoms with Crippen LogP contribution in [0.3, 0.4) is 0 Å². The predicted octanol–water partition coefficient (Wildman–Crippen LogP) is -1.32. The number of carboxylic acids is 1. The molecule has 1 aliphatic rings. The number of nitrogens with zero attached hydrogens (tertiary/aromatic N) is 1. The molecule has 0 aliphatic carbocycles. The van der Waals surface area contributed by atoms with Gasteiger partial charge in [-0.05, 0) is 25.9 Å². The summed E-state index contributed by atoms with van der Waals surface area (Å²) in [6, 6.07) is -1.80. The third kappa shape index (κ3) is 4.58. The van der Waals surface area contributed by atoms with Gasteiger partial charge in [0.25, 0.3) is 0 Å². The topological polar surface area (TPSA) is 102 Å². The number of aliphatic hydroxyl groups is 1. The number of rotatable bonds is 5. The van der Waals surface area contributed by atoms with Crippen molar-refractivity contribution in [3.63, 3.8) is 0 Å². The molecule has 0 aromatic carbocycles. The van der Waals surface area contributed by atoms with Crippen LogP contribution in [0.5, 0.6) is 0 Å². The quantitative estimate of drug-likeness (QED) is 0.481. The Balaban J connectivity index is 2.23. The van der Waals surface area contributed by atoms with Crippen LogP contribution in [-0.2, 0) is 4.79 Å². The molecule has 1 fully saturated rings. The summed E-state index contributed by atoms with van der Waals surface area (Å²) in [6.45, 7) is 1.86. The van der Waals surface area contributed by atoms with Gasteiger partial charge in [-0.15, -0.1) is 0 Å². The molecule has 2 atom stereocenters. The number of likely N-dealkylation sites (tertiary alicyclic amines) is 1. The molecule has 7 nitrogen and oxygen atoms in total. The summed E-state index contributed by atoms with van der Waals surface area (Å²) in [4.78, 5) is 24.1. The van der Waals surface area contributed by atoms with Gasteiger partial charge >= 0.3 is 12.0 Å². The number of urea groups is 1. The zero-order valence-corrected chi connectivity index (χ0v) is 9.85. The molecule has 1 aliphatic heterocycles. The molecule has 0 spiro atoms. The second-order valence-corrected chi connectivity index (χ2v) is 4.34. The first-order chi connectivity index (χ1) is 8.02. The lowest BCUT2D eigenvalue weighted by molar-refractivity contribution is -0.140. The maximum Gasteiger partial charge on any atom is 0.328 e. The van der Waals surface area contributed by atoms with Gasteiger partial charge in [-0.1, -0.05) is 0 Å². The Morgan fingerprint density at radius 1 is 1.53 bits per heavy atom. The fourth-order valence-electron chi connectivity index (χ4n) is 1.82. The molecule has 0 bridgehead atoms. The van der Waals surface area contributed by atoms with Crippen molar-refractivity contribution in [2.24, 2.45) is 5.92 Å². The van der Waals surface area contributed by atoms with Gasteiger partial charge in [-0.25, -0.2) is 9.59 Å². The van der Waals surface area contributed by atoms with E-state index in [-0.39, 0.29) is 0 Å². The summed E-state index contributed by atoms with van der Waals surface area (Å²) in [5, 5.41) is 22.2. The predicted molar refractivity (Wildman–Crippen MR) is 60.6 cm³/mol. The first kappa shape index (κ1) is 13.7. The Morgan fingerprint density at radius 2 is 2.24 bits per heavy atom. The van der Waals surface area contributed by atoms with Gasteiger partial charge in [0, 0.05) is 13.1 Å². The van der Waals surface area contributed by atoms with Crippen LogP contribution in [0, 0.1) is 5.92 Å².